The number of hydrogen-bond donors (Lipinski definition) is 1. The standard InChI is InChI=1S/C17H19N3OS/c21-16(19-11-6-13-4-2-1-3-5-13)15-12-22-17(20-15)14-7-9-18-10-8-14/h4,7-10,12H,1-3,5-6,11H2,(H,19,21). The number of amides is 1. The van der Waals surface area contributed by atoms with Gasteiger partial charge in [-0.3, -0.25) is 9.78 Å². The maximum absolute atomic E-state index is 12.1. The number of allylic oxidation sites excluding steroid dienone is 1. The van der Waals surface area contributed by atoms with Crippen molar-refractivity contribution in [2.75, 3.05) is 6.54 Å². The SMILES string of the molecule is O=C(NCCC1=CCCCC1)c1csc(-c2ccncc2)n1. The first kappa shape index (κ1) is 14.9. The highest BCUT2D eigenvalue weighted by molar-refractivity contribution is 7.13. The normalized spacial score (nSPS) is 14.5. The minimum absolute atomic E-state index is 0.0898. The summed E-state index contributed by atoms with van der Waals surface area (Å²) in [4.78, 5) is 20.5. The third-order valence-corrected chi connectivity index (χ3v) is 4.67. The van der Waals surface area contributed by atoms with Crippen LogP contribution in [0.4, 0.5) is 0 Å². The third-order valence-electron chi connectivity index (χ3n) is 3.78. The summed E-state index contributed by atoms with van der Waals surface area (Å²) in [5.41, 5.74) is 2.96. The van der Waals surface area contributed by atoms with Crippen molar-refractivity contribution in [1.82, 2.24) is 15.3 Å². The lowest BCUT2D eigenvalue weighted by atomic mass is 9.97. The van der Waals surface area contributed by atoms with Crippen molar-refractivity contribution >= 4 is 17.2 Å². The molecule has 4 nitrogen and oxygen atoms in total. The largest absolute Gasteiger partial charge is 0.350 e. The highest BCUT2D eigenvalue weighted by atomic mass is 32.1. The fraction of sp³-hybridized carbons (Fsp3) is 0.353. The number of rotatable bonds is 5. The van der Waals surface area contributed by atoms with E-state index in [1.165, 1.54) is 42.6 Å². The number of nitrogens with zero attached hydrogens (tertiary/aromatic N) is 2. The Kier molecular flexibility index (Phi) is 4.96. The summed E-state index contributed by atoms with van der Waals surface area (Å²) < 4.78 is 0. The van der Waals surface area contributed by atoms with Gasteiger partial charge in [0.15, 0.2) is 0 Å². The molecule has 0 bridgehead atoms. The van der Waals surface area contributed by atoms with Gasteiger partial charge in [-0.05, 0) is 44.2 Å². The molecule has 1 aliphatic carbocycles. The van der Waals surface area contributed by atoms with Crippen molar-refractivity contribution in [3.8, 4) is 10.6 Å². The Balaban J connectivity index is 1.54. The van der Waals surface area contributed by atoms with Crippen LogP contribution in [0.15, 0.2) is 41.6 Å². The van der Waals surface area contributed by atoms with Crippen molar-refractivity contribution in [3.05, 3.63) is 47.2 Å². The minimum Gasteiger partial charge on any atom is -0.350 e. The average molecular weight is 313 g/mol. The number of thiazole rings is 1. The predicted molar refractivity (Wildman–Crippen MR) is 88.8 cm³/mol. The van der Waals surface area contributed by atoms with E-state index >= 15 is 0 Å². The molecule has 0 atom stereocenters. The molecule has 2 heterocycles. The van der Waals surface area contributed by atoms with Gasteiger partial charge < -0.3 is 5.32 Å². The maximum atomic E-state index is 12.1. The molecule has 1 amide bonds. The van der Waals surface area contributed by atoms with Gasteiger partial charge in [-0.15, -0.1) is 11.3 Å². The van der Waals surface area contributed by atoms with Crippen LogP contribution >= 0.6 is 11.3 Å². The molecule has 22 heavy (non-hydrogen) atoms. The zero-order chi connectivity index (χ0) is 15.2. The predicted octanol–water partition coefficient (Wildman–Crippen LogP) is 3.83. The van der Waals surface area contributed by atoms with E-state index in [4.69, 9.17) is 0 Å². The minimum atomic E-state index is -0.0898. The molecular formula is C17H19N3OS. The zero-order valence-corrected chi connectivity index (χ0v) is 13.2. The molecule has 0 aliphatic heterocycles. The summed E-state index contributed by atoms with van der Waals surface area (Å²) in [6.45, 7) is 0.687. The van der Waals surface area contributed by atoms with Crippen LogP contribution in [-0.4, -0.2) is 22.4 Å². The van der Waals surface area contributed by atoms with Crippen LogP contribution in [0.2, 0.25) is 0 Å². The Morgan fingerprint density at radius 2 is 2.14 bits per heavy atom. The van der Waals surface area contributed by atoms with Crippen LogP contribution < -0.4 is 5.32 Å². The van der Waals surface area contributed by atoms with Gasteiger partial charge in [-0.25, -0.2) is 4.98 Å². The molecule has 0 spiro atoms. The van der Waals surface area contributed by atoms with E-state index in [9.17, 15) is 4.79 Å². The lowest BCUT2D eigenvalue weighted by molar-refractivity contribution is 0.0950. The van der Waals surface area contributed by atoms with Crippen molar-refractivity contribution in [2.45, 2.75) is 32.1 Å². The van der Waals surface area contributed by atoms with Gasteiger partial charge in [0.2, 0.25) is 0 Å². The van der Waals surface area contributed by atoms with Crippen molar-refractivity contribution in [1.29, 1.82) is 0 Å². The lowest BCUT2D eigenvalue weighted by Crippen LogP contribution is -2.25. The van der Waals surface area contributed by atoms with Crippen molar-refractivity contribution < 1.29 is 4.79 Å². The van der Waals surface area contributed by atoms with Gasteiger partial charge in [-0.1, -0.05) is 11.6 Å². The van der Waals surface area contributed by atoms with E-state index in [-0.39, 0.29) is 5.91 Å². The van der Waals surface area contributed by atoms with Crippen molar-refractivity contribution in [3.63, 3.8) is 0 Å². The summed E-state index contributed by atoms with van der Waals surface area (Å²) in [6, 6.07) is 3.80. The summed E-state index contributed by atoms with van der Waals surface area (Å²) in [7, 11) is 0. The van der Waals surface area contributed by atoms with Gasteiger partial charge in [0.1, 0.15) is 10.7 Å². The van der Waals surface area contributed by atoms with Crippen LogP contribution in [-0.2, 0) is 0 Å². The van der Waals surface area contributed by atoms with E-state index in [0.717, 1.165) is 17.0 Å². The molecule has 0 aromatic carbocycles. The molecule has 1 aliphatic rings. The smallest absolute Gasteiger partial charge is 0.270 e. The lowest BCUT2D eigenvalue weighted by Gasteiger charge is -2.12. The van der Waals surface area contributed by atoms with E-state index in [1.807, 2.05) is 17.5 Å². The number of nitrogens with one attached hydrogen (secondary N) is 1. The number of aromatic nitrogens is 2. The summed E-state index contributed by atoms with van der Waals surface area (Å²) in [6.07, 6.45) is 11.7. The Bertz CT molecular complexity index is 664. The second-order valence-electron chi connectivity index (χ2n) is 5.39. The van der Waals surface area contributed by atoms with Gasteiger partial charge in [0.25, 0.3) is 5.91 Å². The van der Waals surface area contributed by atoms with E-state index in [2.05, 4.69) is 21.4 Å². The van der Waals surface area contributed by atoms with E-state index in [1.54, 1.807) is 12.4 Å². The highest BCUT2D eigenvalue weighted by Gasteiger charge is 2.12. The van der Waals surface area contributed by atoms with Crippen LogP contribution in [0.3, 0.4) is 0 Å². The molecule has 0 saturated heterocycles. The summed E-state index contributed by atoms with van der Waals surface area (Å²) in [5, 5.41) is 5.62. The first-order valence-corrected chi connectivity index (χ1v) is 8.53. The fourth-order valence-corrected chi connectivity index (χ4v) is 3.37. The number of carbonyl (C=O) groups is 1. The monoisotopic (exact) mass is 313 g/mol. The van der Waals surface area contributed by atoms with Crippen LogP contribution in [0.5, 0.6) is 0 Å². The van der Waals surface area contributed by atoms with Gasteiger partial charge >= 0.3 is 0 Å². The number of carbonyl (C=O) groups excluding carboxylic acids is 1. The fourth-order valence-electron chi connectivity index (χ4n) is 2.56. The Hall–Kier alpha value is -2.01. The first-order valence-electron chi connectivity index (χ1n) is 7.65. The molecule has 3 rings (SSSR count). The molecule has 0 fully saturated rings. The Morgan fingerprint density at radius 3 is 2.91 bits per heavy atom. The van der Waals surface area contributed by atoms with Crippen LogP contribution in [0.25, 0.3) is 10.6 Å². The van der Waals surface area contributed by atoms with E-state index < -0.39 is 0 Å². The molecule has 5 heteroatoms. The number of hydrogen-bond acceptors (Lipinski definition) is 4. The molecular weight excluding hydrogens is 294 g/mol. The molecule has 1 N–H and O–H groups in total. The second-order valence-corrected chi connectivity index (χ2v) is 6.25. The molecule has 0 unspecified atom stereocenters. The van der Waals surface area contributed by atoms with E-state index in [0.29, 0.717) is 12.2 Å². The Labute approximate surface area is 134 Å². The van der Waals surface area contributed by atoms with Gasteiger partial charge in [-0.2, -0.15) is 0 Å². The van der Waals surface area contributed by atoms with Gasteiger partial charge in [0, 0.05) is 29.9 Å². The molecule has 0 radical (unpaired) electrons. The molecule has 0 saturated carbocycles. The zero-order valence-electron chi connectivity index (χ0n) is 12.4. The molecule has 114 valence electrons. The highest BCUT2D eigenvalue weighted by Crippen LogP contribution is 2.23. The van der Waals surface area contributed by atoms with Crippen LogP contribution in [0.1, 0.15) is 42.6 Å². The topological polar surface area (TPSA) is 54.9 Å². The molecule has 2 aromatic heterocycles. The summed E-state index contributed by atoms with van der Waals surface area (Å²) >= 11 is 1.48. The number of pyridine rings is 1. The third kappa shape index (κ3) is 3.80. The van der Waals surface area contributed by atoms with Gasteiger partial charge in [0.05, 0.1) is 0 Å². The first-order chi connectivity index (χ1) is 10.8. The second kappa shape index (κ2) is 7.31. The van der Waals surface area contributed by atoms with Crippen molar-refractivity contribution in [2.24, 2.45) is 0 Å². The Morgan fingerprint density at radius 1 is 1.27 bits per heavy atom. The summed E-state index contributed by atoms with van der Waals surface area (Å²) in [5.74, 6) is -0.0898. The average Bonchev–Trinajstić information content (AvgIpc) is 3.07. The quantitative estimate of drug-likeness (QED) is 0.854. The van der Waals surface area contributed by atoms with Crippen LogP contribution in [0, 0.1) is 0 Å². The maximum Gasteiger partial charge on any atom is 0.270 e. The molecule has 2 aromatic rings.